The van der Waals surface area contributed by atoms with Gasteiger partial charge < -0.3 is 9.88 Å². The Kier molecular flexibility index (Phi) is 5.06. The fourth-order valence-electron chi connectivity index (χ4n) is 3.78. The molecule has 1 fully saturated rings. The molecular formula is C23H21FN2O2. The molecule has 5 heteroatoms. The number of nitrogens with one attached hydrogen (secondary N) is 1. The zero-order chi connectivity index (χ0) is 19.5. The number of aromatic amines is 1. The van der Waals surface area contributed by atoms with E-state index >= 15 is 0 Å². The number of hydrogen-bond acceptors (Lipinski definition) is 2. The molecule has 142 valence electrons. The summed E-state index contributed by atoms with van der Waals surface area (Å²) in [5, 5.41) is 0.921. The highest BCUT2D eigenvalue weighted by molar-refractivity contribution is 5.92. The second-order valence-corrected chi connectivity index (χ2v) is 7.13. The van der Waals surface area contributed by atoms with Crippen LogP contribution >= 0.6 is 0 Å². The monoisotopic (exact) mass is 376 g/mol. The van der Waals surface area contributed by atoms with Gasteiger partial charge in [0, 0.05) is 29.7 Å². The smallest absolute Gasteiger partial charge is 0.255 e. The molecule has 3 aromatic rings. The molecule has 28 heavy (non-hydrogen) atoms. The zero-order valence-corrected chi connectivity index (χ0v) is 15.4. The van der Waals surface area contributed by atoms with Crippen LogP contribution in [0.3, 0.4) is 0 Å². The van der Waals surface area contributed by atoms with Gasteiger partial charge in [0.25, 0.3) is 5.56 Å². The Hall–Kier alpha value is -3.21. The summed E-state index contributed by atoms with van der Waals surface area (Å²) >= 11 is 0. The number of para-hydroxylation sites is 1. The maximum absolute atomic E-state index is 13.1. The van der Waals surface area contributed by atoms with Crippen molar-refractivity contribution in [3.63, 3.8) is 0 Å². The molecule has 1 amide bonds. The average molecular weight is 376 g/mol. The van der Waals surface area contributed by atoms with Crippen LogP contribution in [0.25, 0.3) is 17.0 Å². The standard InChI is InChI=1S/C23H21FN2O2/c24-19-10-7-16(8-11-19)14-20-5-3-13-26(20)22(27)12-9-18-15-17-4-1-2-6-21(17)25-23(18)28/h1-2,4,6-12,15,20H,3,5,13-14H2,(H,25,28)/b12-9+. The largest absolute Gasteiger partial charge is 0.336 e. The van der Waals surface area contributed by atoms with Gasteiger partial charge in [0.05, 0.1) is 0 Å². The minimum absolute atomic E-state index is 0.0949. The van der Waals surface area contributed by atoms with Crippen LogP contribution in [-0.4, -0.2) is 28.4 Å². The van der Waals surface area contributed by atoms with Crippen molar-refractivity contribution in [3.05, 3.63) is 88.0 Å². The van der Waals surface area contributed by atoms with Crippen LogP contribution in [0.4, 0.5) is 4.39 Å². The molecule has 0 spiro atoms. The number of hydrogen-bond donors (Lipinski definition) is 1. The summed E-state index contributed by atoms with van der Waals surface area (Å²) in [6, 6.07) is 15.8. The maximum Gasteiger partial charge on any atom is 0.255 e. The minimum Gasteiger partial charge on any atom is -0.336 e. The third kappa shape index (κ3) is 3.88. The van der Waals surface area contributed by atoms with E-state index in [1.807, 2.05) is 29.2 Å². The lowest BCUT2D eigenvalue weighted by Crippen LogP contribution is -2.35. The van der Waals surface area contributed by atoms with Crippen LogP contribution in [0.2, 0.25) is 0 Å². The van der Waals surface area contributed by atoms with Crippen molar-refractivity contribution >= 4 is 22.9 Å². The first-order chi connectivity index (χ1) is 13.6. The van der Waals surface area contributed by atoms with Crippen LogP contribution in [0, 0.1) is 5.82 Å². The Labute approximate surface area is 162 Å². The van der Waals surface area contributed by atoms with Crippen LogP contribution in [0.15, 0.2) is 65.5 Å². The number of aromatic nitrogens is 1. The molecule has 2 aromatic carbocycles. The van der Waals surface area contributed by atoms with Crippen molar-refractivity contribution in [3.8, 4) is 0 Å². The van der Waals surface area contributed by atoms with Crippen LogP contribution in [0.1, 0.15) is 24.0 Å². The van der Waals surface area contributed by atoms with Gasteiger partial charge in [-0.25, -0.2) is 4.39 Å². The predicted octanol–water partition coefficient (Wildman–Crippen LogP) is 3.91. The molecule has 1 saturated heterocycles. The summed E-state index contributed by atoms with van der Waals surface area (Å²) in [5.74, 6) is -0.358. The number of nitrogens with zero attached hydrogens (tertiary/aromatic N) is 1. The molecule has 1 atom stereocenters. The minimum atomic E-state index is -0.258. The number of H-pyrrole nitrogens is 1. The van der Waals surface area contributed by atoms with Gasteiger partial charge in [-0.2, -0.15) is 0 Å². The normalized spacial score (nSPS) is 16.9. The molecule has 0 bridgehead atoms. The molecule has 1 unspecified atom stereocenters. The fraction of sp³-hybridized carbons (Fsp3) is 0.217. The number of rotatable bonds is 4. The van der Waals surface area contributed by atoms with Gasteiger partial charge in [0.1, 0.15) is 5.82 Å². The molecule has 0 radical (unpaired) electrons. The van der Waals surface area contributed by atoms with Crippen molar-refractivity contribution < 1.29 is 9.18 Å². The van der Waals surface area contributed by atoms with Crippen molar-refractivity contribution in [1.29, 1.82) is 0 Å². The lowest BCUT2D eigenvalue weighted by molar-refractivity contribution is -0.126. The second kappa shape index (κ2) is 7.80. The average Bonchev–Trinajstić information content (AvgIpc) is 3.16. The first kappa shape index (κ1) is 18.2. The third-order valence-corrected chi connectivity index (χ3v) is 5.23. The van der Waals surface area contributed by atoms with Gasteiger partial charge in [0.2, 0.25) is 5.91 Å². The highest BCUT2D eigenvalue weighted by Crippen LogP contribution is 2.22. The van der Waals surface area contributed by atoms with E-state index in [9.17, 15) is 14.0 Å². The summed E-state index contributed by atoms with van der Waals surface area (Å²) in [6.45, 7) is 0.698. The van der Waals surface area contributed by atoms with Crippen molar-refractivity contribution in [1.82, 2.24) is 9.88 Å². The van der Waals surface area contributed by atoms with Gasteiger partial charge in [-0.15, -0.1) is 0 Å². The third-order valence-electron chi connectivity index (χ3n) is 5.23. The summed E-state index contributed by atoms with van der Waals surface area (Å²) in [6.07, 6.45) is 5.63. The molecule has 4 nitrogen and oxygen atoms in total. The summed E-state index contributed by atoms with van der Waals surface area (Å²) in [5.41, 5.74) is 2.03. The lowest BCUT2D eigenvalue weighted by Gasteiger charge is -2.23. The molecule has 0 aliphatic carbocycles. The summed E-state index contributed by atoms with van der Waals surface area (Å²) < 4.78 is 13.1. The number of benzene rings is 2. The van der Waals surface area contributed by atoms with E-state index in [2.05, 4.69) is 4.98 Å². The number of fused-ring (bicyclic) bond motifs is 1. The maximum atomic E-state index is 13.1. The number of pyridine rings is 1. The number of amides is 1. The molecule has 4 rings (SSSR count). The molecule has 1 aromatic heterocycles. The second-order valence-electron chi connectivity index (χ2n) is 7.13. The first-order valence-electron chi connectivity index (χ1n) is 9.45. The van der Waals surface area contributed by atoms with Crippen molar-refractivity contribution in [2.45, 2.75) is 25.3 Å². The number of likely N-dealkylation sites (tertiary alicyclic amines) is 1. The Morgan fingerprint density at radius 3 is 2.79 bits per heavy atom. The fourth-order valence-corrected chi connectivity index (χ4v) is 3.78. The van der Waals surface area contributed by atoms with E-state index in [1.165, 1.54) is 18.2 Å². The quantitative estimate of drug-likeness (QED) is 0.702. The Balaban J connectivity index is 1.50. The highest BCUT2D eigenvalue weighted by atomic mass is 19.1. The molecule has 0 saturated carbocycles. The van der Waals surface area contributed by atoms with Crippen molar-refractivity contribution in [2.75, 3.05) is 6.54 Å². The summed E-state index contributed by atoms with van der Waals surface area (Å²) in [4.78, 5) is 29.6. The van der Waals surface area contributed by atoms with Gasteiger partial charge in [0.15, 0.2) is 0 Å². The van der Waals surface area contributed by atoms with E-state index < -0.39 is 0 Å². The van der Waals surface area contributed by atoms with E-state index in [0.29, 0.717) is 18.5 Å². The van der Waals surface area contributed by atoms with E-state index in [-0.39, 0.29) is 23.3 Å². The van der Waals surface area contributed by atoms with E-state index in [1.54, 1.807) is 24.3 Å². The topological polar surface area (TPSA) is 53.2 Å². The Morgan fingerprint density at radius 2 is 1.96 bits per heavy atom. The number of carbonyl (C=O) groups is 1. The molecule has 1 aliphatic rings. The number of halogens is 1. The molecule has 1 N–H and O–H groups in total. The lowest BCUT2D eigenvalue weighted by atomic mass is 10.0. The Morgan fingerprint density at radius 1 is 1.18 bits per heavy atom. The van der Waals surface area contributed by atoms with Crippen LogP contribution < -0.4 is 5.56 Å². The highest BCUT2D eigenvalue weighted by Gasteiger charge is 2.27. The zero-order valence-electron chi connectivity index (χ0n) is 15.4. The molecule has 1 aliphatic heterocycles. The van der Waals surface area contributed by atoms with Crippen molar-refractivity contribution in [2.24, 2.45) is 0 Å². The van der Waals surface area contributed by atoms with Crippen LogP contribution in [-0.2, 0) is 11.2 Å². The Bertz CT molecular complexity index is 1090. The SMILES string of the molecule is O=C(/C=C/c1cc2ccccc2[nH]c1=O)N1CCCC1Cc1ccc(F)cc1. The van der Waals surface area contributed by atoms with Gasteiger partial charge in [-0.05, 0) is 60.6 Å². The number of carbonyl (C=O) groups excluding carboxylic acids is 1. The predicted molar refractivity (Wildman–Crippen MR) is 108 cm³/mol. The molecular weight excluding hydrogens is 355 g/mol. The summed E-state index contributed by atoms with van der Waals surface area (Å²) in [7, 11) is 0. The van der Waals surface area contributed by atoms with Gasteiger partial charge >= 0.3 is 0 Å². The van der Waals surface area contributed by atoms with Gasteiger partial charge in [-0.3, -0.25) is 9.59 Å². The van der Waals surface area contributed by atoms with Gasteiger partial charge in [-0.1, -0.05) is 30.3 Å². The van der Waals surface area contributed by atoms with E-state index in [0.717, 1.165) is 29.3 Å². The van der Waals surface area contributed by atoms with E-state index in [4.69, 9.17) is 0 Å². The van der Waals surface area contributed by atoms with Crippen LogP contribution in [0.5, 0.6) is 0 Å². The molecule has 2 heterocycles. The first-order valence-corrected chi connectivity index (χ1v) is 9.45.